The van der Waals surface area contributed by atoms with Gasteiger partial charge in [-0.1, -0.05) is 24.3 Å². The largest absolute Gasteiger partial charge is 0.485 e. The summed E-state index contributed by atoms with van der Waals surface area (Å²) in [5, 5.41) is 22.5. The average Bonchev–Trinajstić information content (AvgIpc) is 3.19. The van der Waals surface area contributed by atoms with Gasteiger partial charge in [0.25, 0.3) is 5.91 Å². The van der Waals surface area contributed by atoms with Gasteiger partial charge < -0.3 is 20.3 Å². The second kappa shape index (κ2) is 9.77. The van der Waals surface area contributed by atoms with Gasteiger partial charge in [0.2, 0.25) is 0 Å². The molecule has 0 bridgehead atoms. The van der Waals surface area contributed by atoms with Crippen LogP contribution < -0.4 is 10.1 Å². The van der Waals surface area contributed by atoms with Gasteiger partial charge >= 0.3 is 0 Å². The zero-order chi connectivity index (χ0) is 25.2. The van der Waals surface area contributed by atoms with Crippen LogP contribution in [0.2, 0.25) is 0 Å². The number of pyridine rings is 1. The van der Waals surface area contributed by atoms with Gasteiger partial charge in [-0.15, -0.1) is 0 Å². The van der Waals surface area contributed by atoms with Gasteiger partial charge in [-0.25, -0.2) is 18.2 Å². The molecule has 0 fully saturated rings. The smallest absolute Gasteiger partial charge is 0.271 e. The minimum absolute atomic E-state index is 0.0464. The lowest BCUT2D eigenvalue weighted by atomic mass is 9.90. The van der Waals surface area contributed by atoms with Crippen LogP contribution >= 0.6 is 0 Å². The minimum Gasteiger partial charge on any atom is -0.485 e. The van der Waals surface area contributed by atoms with Crippen LogP contribution in [0.15, 0.2) is 60.8 Å². The highest BCUT2D eigenvalue weighted by Gasteiger charge is 2.36. The third kappa shape index (κ3) is 4.45. The molecule has 0 radical (unpaired) electrons. The lowest BCUT2D eigenvalue weighted by molar-refractivity contribution is 0.0640. The van der Waals surface area contributed by atoms with E-state index < -0.39 is 48.7 Å². The predicted octanol–water partition coefficient (Wildman–Crippen LogP) is 3.25. The van der Waals surface area contributed by atoms with Crippen LogP contribution in [0.4, 0.5) is 13.2 Å². The van der Waals surface area contributed by atoms with Crippen LogP contribution in [0.1, 0.15) is 27.3 Å². The van der Waals surface area contributed by atoms with Crippen LogP contribution in [0.25, 0.3) is 5.65 Å². The summed E-state index contributed by atoms with van der Waals surface area (Å²) < 4.78 is 49.4. The van der Waals surface area contributed by atoms with E-state index in [0.29, 0.717) is 0 Å². The monoisotopic (exact) mass is 485 g/mol. The molecule has 0 aliphatic heterocycles. The Balaban J connectivity index is 1.68. The Kier molecular flexibility index (Phi) is 6.77. The van der Waals surface area contributed by atoms with Gasteiger partial charge in [0.05, 0.1) is 24.5 Å². The zero-order valence-electron chi connectivity index (χ0n) is 18.6. The number of ether oxygens (including phenoxy) is 1. The summed E-state index contributed by atoms with van der Waals surface area (Å²) in [6.45, 7) is -0.384. The molecule has 2 aromatic heterocycles. The highest BCUT2D eigenvalue weighted by molar-refractivity contribution is 5.95. The number of carbonyl (C=O) groups excluding carboxylic acids is 1. The molecule has 2 aromatic carbocycles. The molecule has 0 atom stereocenters. The van der Waals surface area contributed by atoms with Crippen LogP contribution in [-0.4, -0.2) is 38.7 Å². The summed E-state index contributed by atoms with van der Waals surface area (Å²) in [5.41, 5.74) is -1.61. The number of nitrogens with zero attached hydrogens (tertiary/aromatic N) is 2. The van der Waals surface area contributed by atoms with Crippen molar-refractivity contribution in [1.82, 2.24) is 14.7 Å². The van der Waals surface area contributed by atoms with Crippen molar-refractivity contribution in [3.8, 4) is 5.75 Å². The number of rotatable bonds is 8. The first-order chi connectivity index (χ1) is 16.8. The summed E-state index contributed by atoms with van der Waals surface area (Å²) in [4.78, 5) is 17.6. The number of hydrogen-bond donors (Lipinski definition) is 3. The normalized spacial score (nSPS) is 11.6. The van der Waals surface area contributed by atoms with Crippen molar-refractivity contribution in [3.05, 3.63) is 101 Å². The third-order valence-electron chi connectivity index (χ3n) is 5.72. The number of aromatic nitrogens is 2. The molecule has 7 nitrogen and oxygen atoms in total. The number of halogens is 3. The minimum atomic E-state index is -1.80. The van der Waals surface area contributed by atoms with Gasteiger partial charge in [-0.05, 0) is 37.3 Å². The Morgan fingerprint density at radius 1 is 1.00 bits per heavy atom. The predicted molar refractivity (Wildman–Crippen MR) is 120 cm³/mol. The molecular weight excluding hydrogens is 463 g/mol. The number of carbonyl (C=O) groups is 1. The second-order valence-electron chi connectivity index (χ2n) is 7.93. The number of benzene rings is 2. The number of fused-ring (bicyclic) bond motifs is 1. The molecule has 0 aliphatic rings. The maximum absolute atomic E-state index is 14.5. The van der Waals surface area contributed by atoms with Crippen molar-refractivity contribution in [2.45, 2.75) is 19.1 Å². The number of hydrogen-bond acceptors (Lipinski definition) is 5. The maximum atomic E-state index is 14.5. The van der Waals surface area contributed by atoms with Crippen molar-refractivity contribution in [2.75, 3.05) is 13.2 Å². The molecule has 2 heterocycles. The van der Waals surface area contributed by atoms with Gasteiger partial charge in [0.15, 0.2) is 11.4 Å². The summed E-state index contributed by atoms with van der Waals surface area (Å²) >= 11 is 0. The standard InChI is InChI=1S/C25H22F3N3O4/c1-15-22(24(34)30-25(13-32,14-33)17-6-2-3-7-20(17)28)31-11-5-10-21(23(31)29-15)35-12-16-18(26)8-4-9-19(16)27/h2-11,32-33H,12-14H2,1H3,(H,30,34). The molecule has 4 aromatic rings. The molecule has 182 valence electrons. The highest BCUT2D eigenvalue weighted by Crippen LogP contribution is 2.27. The van der Waals surface area contributed by atoms with E-state index >= 15 is 0 Å². The average molecular weight is 485 g/mol. The van der Waals surface area contributed by atoms with E-state index in [4.69, 9.17) is 4.74 Å². The lowest BCUT2D eigenvalue weighted by Crippen LogP contribution is -2.52. The van der Waals surface area contributed by atoms with Gasteiger partial charge in [0, 0.05) is 11.8 Å². The van der Waals surface area contributed by atoms with Gasteiger partial charge in [-0.3, -0.25) is 9.20 Å². The number of aryl methyl sites for hydroxylation is 1. The van der Waals surface area contributed by atoms with Crippen molar-refractivity contribution >= 4 is 11.6 Å². The third-order valence-corrected chi connectivity index (χ3v) is 5.72. The van der Waals surface area contributed by atoms with E-state index in [-0.39, 0.29) is 33.9 Å². The molecule has 4 rings (SSSR count). The molecule has 0 saturated carbocycles. The number of nitrogens with one attached hydrogen (secondary N) is 1. The van der Waals surface area contributed by atoms with E-state index in [1.54, 1.807) is 13.0 Å². The van der Waals surface area contributed by atoms with E-state index in [1.807, 2.05) is 0 Å². The number of aliphatic hydroxyl groups is 2. The fourth-order valence-electron chi connectivity index (χ4n) is 3.85. The first kappa shape index (κ1) is 24.2. The van der Waals surface area contributed by atoms with E-state index in [9.17, 15) is 28.2 Å². The maximum Gasteiger partial charge on any atom is 0.271 e. The quantitative estimate of drug-likeness (QED) is 0.356. The van der Waals surface area contributed by atoms with E-state index in [1.165, 1.54) is 40.9 Å². The molecule has 35 heavy (non-hydrogen) atoms. The van der Waals surface area contributed by atoms with Crippen molar-refractivity contribution < 1.29 is 32.9 Å². The lowest BCUT2D eigenvalue weighted by Gasteiger charge is -2.31. The molecule has 0 aliphatic carbocycles. The number of aliphatic hydroxyl groups excluding tert-OH is 2. The first-order valence-electron chi connectivity index (χ1n) is 10.6. The number of imidazole rings is 1. The number of amides is 1. The van der Waals surface area contributed by atoms with Gasteiger partial charge in [0.1, 0.15) is 35.3 Å². The van der Waals surface area contributed by atoms with Crippen LogP contribution in [0.3, 0.4) is 0 Å². The molecule has 0 saturated heterocycles. The second-order valence-corrected chi connectivity index (χ2v) is 7.93. The summed E-state index contributed by atoms with van der Waals surface area (Å²) in [6.07, 6.45) is 1.53. The molecule has 0 unspecified atom stereocenters. The highest BCUT2D eigenvalue weighted by atomic mass is 19.1. The van der Waals surface area contributed by atoms with Gasteiger partial charge in [-0.2, -0.15) is 0 Å². The zero-order valence-corrected chi connectivity index (χ0v) is 18.6. The molecular formula is C25H22F3N3O4. The van der Waals surface area contributed by atoms with Crippen molar-refractivity contribution in [2.24, 2.45) is 0 Å². The Hall–Kier alpha value is -3.89. The summed E-state index contributed by atoms with van der Waals surface area (Å²) in [6, 6.07) is 12.1. The topological polar surface area (TPSA) is 96.1 Å². The summed E-state index contributed by atoms with van der Waals surface area (Å²) in [7, 11) is 0. The molecule has 1 amide bonds. The molecule has 10 heteroatoms. The SMILES string of the molecule is Cc1nc2c(OCc3c(F)cccc3F)cccn2c1C(=O)NC(CO)(CO)c1ccccc1F. The first-order valence-corrected chi connectivity index (χ1v) is 10.6. The summed E-state index contributed by atoms with van der Waals surface area (Å²) in [5.74, 6) is -2.79. The van der Waals surface area contributed by atoms with Crippen LogP contribution in [0.5, 0.6) is 5.75 Å². The molecule has 3 N–H and O–H groups in total. The molecule has 0 spiro atoms. The van der Waals surface area contributed by atoms with Crippen molar-refractivity contribution in [1.29, 1.82) is 0 Å². The Bertz CT molecular complexity index is 1370. The Morgan fingerprint density at radius 2 is 1.66 bits per heavy atom. The van der Waals surface area contributed by atoms with Crippen LogP contribution in [0, 0.1) is 24.4 Å². The fourth-order valence-corrected chi connectivity index (χ4v) is 3.85. The Morgan fingerprint density at radius 3 is 2.31 bits per heavy atom. The van der Waals surface area contributed by atoms with E-state index in [2.05, 4.69) is 10.3 Å². The van der Waals surface area contributed by atoms with E-state index in [0.717, 1.165) is 18.2 Å². The van der Waals surface area contributed by atoms with Crippen LogP contribution in [-0.2, 0) is 12.1 Å². The Labute approximate surface area is 198 Å². The fraction of sp³-hybridized carbons (Fsp3) is 0.200. The van der Waals surface area contributed by atoms with Crippen molar-refractivity contribution in [3.63, 3.8) is 0 Å².